The number of amides is 2. The maximum absolute atomic E-state index is 13.7. The number of hydrogen-bond donors (Lipinski definition) is 2. The van der Waals surface area contributed by atoms with Crippen LogP contribution in [-0.2, 0) is 6.18 Å². The molecule has 0 radical (unpaired) electrons. The molecule has 14 heteroatoms. The fourth-order valence-corrected chi connectivity index (χ4v) is 4.29. The van der Waals surface area contributed by atoms with Gasteiger partial charge in [-0.25, -0.2) is 9.37 Å². The molecule has 1 aliphatic carbocycles. The van der Waals surface area contributed by atoms with E-state index in [1.54, 1.807) is 5.32 Å². The molecule has 2 N–H and O–H groups in total. The number of alkyl halides is 6. The van der Waals surface area contributed by atoms with Gasteiger partial charge in [0.05, 0.1) is 22.7 Å². The maximum Gasteiger partial charge on any atom is 0.419 e. The number of nitrogens with one attached hydrogen (secondary N) is 2. The second kappa shape index (κ2) is 9.54. The monoisotopic (exact) mass is 602 g/mol. The van der Waals surface area contributed by atoms with Gasteiger partial charge in [0.25, 0.3) is 11.8 Å². The third-order valence-corrected chi connectivity index (χ3v) is 6.69. The molecular formula is C24H14BrF7N4O2. The standard InChI is InChI=1S/C24H14BrF7N4O2/c25-18-12-2-6-17(34-16(12)5-3-13(18)20(37)36-22(10-33)7-8-22)21(38)35-19(24(30,31)32)11-1-4-15(26)14(9-11)23(27,28)29/h1-6,9,19H,7-8H2,(H,35,38)(H,36,37). The molecule has 0 saturated heterocycles. The number of benzene rings is 2. The van der Waals surface area contributed by atoms with Crippen LogP contribution in [0.15, 0.2) is 46.9 Å². The quantitative estimate of drug-likeness (QED) is 0.352. The van der Waals surface area contributed by atoms with Gasteiger partial charge in [-0.15, -0.1) is 0 Å². The lowest BCUT2D eigenvalue weighted by Gasteiger charge is -2.23. The van der Waals surface area contributed by atoms with Gasteiger partial charge in [0.15, 0.2) is 6.04 Å². The molecule has 6 nitrogen and oxygen atoms in total. The van der Waals surface area contributed by atoms with E-state index in [2.05, 4.69) is 26.2 Å². The number of rotatable bonds is 5. The molecule has 198 valence electrons. The number of pyridine rings is 1. The molecule has 0 aliphatic heterocycles. The Kier molecular flexibility index (Phi) is 6.85. The van der Waals surface area contributed by atoms with Crippen LogP contribution in [0, 0.1) is 17.1 Å². The first-order chi connectivity index (χ1) is 17.6. The molecule has 38 heavy (non-hydrogen) atoms. The highest BCUT2D eigenvalue weighted by atomic mass is 79.9. The first kappa shape index (κ1) is 27.3. The van der Waals surface area contributed by atoms with Gasteiger partial charge in [-0.1, -0.05) is 6.07 Å². The van der Waals surface area contributed by atoms with Crippen LogP contribution in [-0.4, -0.2) is 28.5 Å². The third-order valence-electron chi connectivity index (χ3n) is 5.83. The second-order valence-electron chi connectivity index (χ2n) is 8.52. The van der Waals surface area contributed by atoms with E-state index in [0.29, 0.717) is 24.3 Å². The zero-order valence-electron chi connectivity index (χ0n) is 18.8. The van der Waals surface area contributed by atoms with E-state index in [-0.39, 0.29) is 27.7 Å². The summed E-state index contributed by atoms with van der Waals surface area (Å²) in [7, 11) is 0. The number of nitrogens with zero attached hydrogens (tertiary/aromatic N) is 2. The fourth-order valence-electron chi connectivity index (χ4n) is 3.64. The molecule has 4 rings (SSSR count). The molecule has 0 spiro atoms. The SMILES string of the molecule is N#CC1(NC(=O)c2ccc3nc(C(=O)NC(c4ccc(F)c(C(F)(F)F)c4)C(F)(F)F)ccc3c2Br)CC1. The van der Waals surface area contributed by atoms with Crippen molar-refractivity contribution in [3.8, 4) is 6.07 Å². The largest absolute Gasteiger partial charge is 0.419 e. The smallest absolute Gasteiger partial charge is 0.335 e. The van der Waals surface area contributed by atoms with Gasteiger partial charge in [-0.2, -0.15) is 31.6 Å². The molecule has 1 unspecified atom stereocenters. The van der Waals surface area contributed by atoms with Crippen LogP contribution in [0.4, 0.5) is 30.7 Å². The first-order valence-corrected chi connectivity index (χ1v) is 11.5. The number of fused-ring (bicyclic) bond motifs is 1. The highest BCUT2D eigenvalue weighted by molar-refractivity contribution is 9.10. The molecule has 1 aliphatic rings. The number of halogens is 8. The van der Waals surface area contributed by atoms with Gasteiger partial charge in [0, 0.05) is 9.86 Å². The summed E-state index contributed by atoms with van der Waals surface area (Å²) in [6.07, 6.45) is -9.46. The zero-order valence-corrected chi connectivity index (χ0v) is 20.4. The van der Waals surface area contributed by atoms with Crippen molar-refractivity contribution >= 4 is 38.6 Å². The van der Waals surface area contributed by atoms with Gasteiger partial charge in [0.2, 0.25) is 0 Å². The number of hydrogen-bond acceptors (Lipinski definition) is 4. The van der Waals surface area contributed by atoms with E-state index in [4.69, 9.17) is 5.26 Å². The predicted molar refractivity (Wildman–Crippen MR) is 122 cm³/mol. The van der Waals surface area contributed by atoms with Crippen molar-refractivity contribution < 1.29 is 40.3 Å². The van der Waals surface area contributed by atoms with E-state index in [1.807, 2.05) is 6.07 Å². The topological polar surface area (TPSA) is 94.9 Å². The maximum atomic E-state index is 13.7. The zero-order chi connectivity index (χ0) is 28.0. The summed E-state index contributed by atoms with van der Waals surface area (Å²) in [6, 6.07) is 4.94. The Balaban J connectivity index is 1.62. The van der Waals surface area contributed by atoms with Crippen molar-refractivity contribution in [3.05, 3.63) is 75.1 Å². The van der Waals surface area contributed by atoms with Gasteiger partial charge in [-0.05, 0) is 70.7 Å². The van der Waals surface area contributed by atoms with E-state index in [1.165, 1.54) is 18.2 Å². The Morgan fingerprint density at radius 2 is 1.71 bits per heavy atom. The molecule has 1 aromatic heterocycles. The van der Waals surface area contributed by atoms with Crippen molar-refractivity contribution in [2.24, 2.45) is 0 Å². The molecule has 1 saturated carbocycles. The third kappa shape index (κ3) is 5.42. The predicted octanol–water partition coefficient (Wildman–Crippen LogP) is 5.97. The fraction of sp³-hybridized carbons (Fsp3) is 0.250. The van der Waals surface area contributed by atoms with Gasteiger partial charge >= 0.3 is 12.4 Å². The van der Waals surface area contributed by atoms with E-state index in [0.717, 1.165) is 6.07 Å². The normalized spacial score (nSPS) is 15.4. The highest BCUT2D eigenvalue weighted by Crippen LogP contribution is 2.38. The van der Waals surface area contributed by atoms with Crippen molar-refractivity contribution in [2.45, 2.75) is 36.8 Å². The average molecular weight is 603 g/mol. The molecular weight excluding hydrogens is 589 g/mol. The minimum Gasteiger partial charge on any atom is -0.335 e. The van der Waals surface area contributed by atoms with Crippen LogP contribution >= 0.6 is 15.9 Å². The van der Waals surface area contributed by atoms with Gasteiger partial charge < -0.3 is 10.6 Å². The lowest BCUT2D eigenvalue weighted by Crippen LogP contribution is -2.38. The van der Waals surface area contributed by atoms with Crippen molar-refractivity contribution in [3.63, 3.8) is 0 Å². The minimum absolute atomic E-state index is 0.0106. The second-order valence-corrected chi connectivity index (χ2v) is 9.32. The Hall–Kier alpha value is -3.73. The average Bonchev–Trinajstić information content (AvgIpc) is 3.61. The number of nitriles is 1. The van der Waals surface area contributed by atoms with E-state index >= 15 is 0 Å². The molecule has 3 aromatic rings. The van der Waals surface area contributed by atoms with Crippen molar-refractivity contribution in [1.29, 1.82) is 5.26 Å². The summed E-state index contributed by atoms with van der Waals surface area (Å²) in [5, 5.41) is 13.7. The van der Waals surface area contributed by atoms with Crippen molar-refractivity contribution in [1.82, 2.24) is 15.6 Å². The first-order valence-electron chi connectivity index (χ1n) is 10.7. The molecule has 2 amide bonds. The van der Waals surface area contributed by atoms with Crippen LogP contribution < -0.4 is 10.6 Å². The number of aromatic nitrogens is 1. The van der Waals surface area contributed by atoms with Crippen LogP contribution in [0.25, 0.3) is 10.9 Å². The summed E-state index contributed by atoms with van der Waals surface area (Å²) < 4.78 is 94.0. The lowest BCUT2D eigenvalue weighted by atomic mass is 10.0. The highest BCUT2D eigenvalue weighted by Gasteiger charge is 2.45. The van der Waals surface area contributed by atoms with Crippen LogP contribution in [0.1, 0.15) is 50.9 Å². The van der Waals surface area contributed by atoms with Crippen molar-refractivity contribution in [2.75, 3.05) is 0 Å². The summed E-state index contributed by atoms with van der Waals surface area (Å²) in [4.78, 5) is 29.2. The van der Waals surface area contributed by atoms with Crippen LogP contribution in [0.3, 0.4) is 0 Å². The summed E-state index contributed by atoms with van der Waals surface area (Å²) >= 11 is 3.26. The molecule has 1 heterocycles. The summed E-state index contributed by atoms with van der Waals surface area (Å²) in [6.45, 7) is 0. The Morgan fingerprint density at radius 3 is 2.29 bits per heavy atom. The minimum atomic E-state index is -5.25. The molecule has 1 fully saturated rings. The molecule has 0 bridgehead atoms. The Morgan fingerprint density at radius 1 is 1.03 bits per heavy atom. The van der Waals surface area contributed by atoms with Gasteiger partial charge in [0.1, 0.15) is 17.1 Å². The molecule has 1 atom stereocenters. The lowest BCUT2D eigenvalue weighted by molar-refractivity contribution is -0.156. The number of carbonyl (C=O) groups is 2. The summed E-state index contributed by atoms with van der Waals surface area (Å²) in [5.41, 5.74) is -4.07. The van der Waals surface area contributed by atoms with Gasteiger partial charge in [-0.3, -0.25) is 9.59 Å². The van der Waals surface area contributed by atoms with Crippen LogP contribution in [0.2, 0.25) is 0 Å². The van der Waals surface area contributed by atoms with Crippen LogP contribution in [0.5, 0.6) is 0 Å². The number of carbonyl (C=O) groups excluding carboxylic acids is 2. The Bertz CT molecular complexity index is 1490. The molecule has 2 aromatic carbocycles. The summed E-state index contributed by atoms with van der Waals surface area (Å²) in [5.74, 6) is -3.65. The van der Waals surface area contributed by atoms with E-state index in [9.17, 15) is 40.3 Å². The Labute approximate surface area is 218 Å². The van der Waals surface area contributed by atoms with E-state index < -0.39 is 58.4 Å².